The van der Waals surface area contributed by atoms with E-state index < -0.39 is 28.5 Å². The summed E-state index contributed by atoms with van der Waals surface area (Å²) in [4.78, 5) is 28.4. The average Bonchev–Trinajstić information content (AvgIpc) is 2.91. The summed E-state index contributed by atoms with van der Waals surface area (Å²) in [6.07, 6.45) is 0. The number of anilines is 1. The predicted octanol–water partition coefficient (Wildman–Crippen LogP) is 6.34. The number of hydrogen-bond acceptors (Lipinski definition) is 4. The molecule has 0 aliphatic carbocycles. The van der Waals surface area contributed by atoms with E-state index in [1.54, 1.807) is 62.4 Å². The molecule has 0 aliphatic rings. The third-order valence-electron chi connectivity index (χ3n) is 6.29. The number of carbonyl (C=O) groups excluding carboxylic acids is 2. The zero-order chi connectivity index (χ0) is 29.6. The molecule has 0 saturated carbocycles. The molecule has 0 bridgehead atoms. The number of hydrogen-bond donors (Lipinski definition) is 1. The van der Waals surface area contributed by atoms with Crippen molar-refractivity contribution in [2.45, 2.75) is 45.2 Å². The third-order valence-corrected chi connectivity index (χ3v) is 9.01. The lowest BCUT2D eigenvalue weighted by Crippen LogP contribution is -2.51. The van der Waals surface area contributed by atoms with Gasteiger partial charge in [0.05, 0.1) is 10.6 Å². The fourth-order valence-corrected chi connectivity index (χ4v) is 6.15. The summed E-state index contributed by atoms with van der Waals surface area (Å²) in [6.45, 7) is 6.93. The van der Waals surface area contributed by atoms with Crippen LogP contribution in [0.1, 0.15) is 31.9 Å². The molecular weight excluding hydrogens is 593 g/mol. The van der Waals surface area contributed by atoms with E-state index in [4.69, 9.17) is 34.8 Å². The van der Waals surface area contributed by atoms with Crippen LogP contribution in [0.4, 0.5) is 5.69 Å². The van der Waals surface area contributed by atoms with Crippen molar-refractivity contribution in [3.8, 4) is 0 Å². The minimum Gasteiger partial charge on any atom is -0.354 e. The van der Waals surface area contributed by atoms with Gasteiger partial charge in [0.25, 0.3) is 10.0 Å². The molecule has 3 aromatic rings. The molecule has 3 aromatic carbocycles. The molecule has 11 heteroatoms. The van der Waals surface area contributed by atoms with E-state index >= 15 is 0 Å². The number of amides is 2. The molecule has 7 nitrogen and oxygen atoms in total. The van der Waals surface area contributed by atoms with Gasteiger partial charge in [-0.15, -0.1) is 0 Å². The molecule has 0 heterocycles. The Bertz CT molecular complexity index is 1450. The van der Waals surface area contributed by atoms with Gasteiger partial charge >= 0.3 is 0 Å². The molecule has 0 radical (unpaired) electrons. The molecule has 40 heavy (non-hydrogen) atoms. The van der Waals surface area contributed by atoms with Crippen molar-refractivity contribution in [1.82, 2.24) is 10.2 Å². The summed E-state index contributed by atoms with van der Waals surface area (Å²) in [5.74, 6) is -0.820. The standard InChI is InChI=1S/C29H32Cl3N3O4S/c1-19(2)16-33-29(37)21(4)34(17-24-25(31)11-8-12-26(24)32)28(36)18-35(27-15-22(30)14-13-20(27)3)40(38,39)23-9-6-5-7-10-23/h5-15,19,21H,16-18H2,1-4H3,(H,33,37). The van der Waals surface area contributed by atoms with Gasteiger partial charge in [-0.25, -0.2) is 8.42 Å². The first-order chi connectivity index (χ1) is 18.8. The van der Waals surface area contributed by atoms with Crippen LogP contribution in [0.2, 0.25) is 15.1 Å². The number of aryl methyl sites for hydroxylation is 1. The van der Waals surface area contributed by atoms with Crippen molar-refractivity contribution in [2.24, 2.45) is 5.92 Å². The topological polar surface area (TPSA) is 86.8 Å². The first-order valence-corrected chi connectivity index (χ1v) is 15.2. The SMILES string of the molecule is Cc1ccc(Cl)cc1N(CC(=O)N(Cc1c(Cl)cccc1Cl)C(C)C(=O)NCC(C)C)S(=O)(=O)c1ccccc1. The Morgan fingerprint density at radius 3 is 2.12 bits per heavy atom. The van der Waals surface area contributed by atoms with Gasteiger partial charge in [-0.1, -0.05) is 79.0 Å². The van der Waals surface area contributed by atoms with Crippen molar-refractivity contribution < 1.29 is 18.0 Å². The van der Waals surface area contributed by atoms with E-state index in [-0.39, 0.29) is 29.0 Å². The van der Waals surface area contributed by atoms with Crippen molar-refractivity contribution in [3.63, 3.8) is 0 Å². The van der Waals surface area contributed by atoms with Crippen molar-refractivity contribution in [3.05, 3.63) is 92.9 Å². The summed E-state index contributed by atoms with van der Waals surface area (Å²) in [7, 11) is -4.20. The first kappa shape index (κ1) is 31.7. The average molecular weight is 625 g/mol. The van der Waals surface area contributed by atoms with Gasteiger partial charge in [0.1, 0.15) is 12.6 Å². The highest BCUT2D eigenvalue weighted by Gasteiger charge is 2.33. The molecule has 214 valence electrons. The lowest BCUT2D eigenvalue weighted by atomic mass is 10.1. The fourth-order valence-electron chi connectivity index (χ4n) is 3.97. The number of sulfonamides is 1. The van der Waals surface area contributed by atoms with Crippen LogP contribution in [-0.2, 0) is 26.2 Å². The van der Waals surface area contributed by atoms with E-state index in [0.717, 1.165) is 4.31 Å². The first-order valence-electron chi connectivity index (χ1n) is 12.7. The minimum atomic E-state index is -4.20. The van der Waals surface area contributed by atoms with Crippen molar-refractivity contribution >= 4 is 62.3 Å². The largest absolute Gasteiger partial charge is 0.354 e. The maximum Gasteiger partial charge on any atom is 0.264 e. The molecular formula is C29H32Cl3N3O4S. The monoisotopic (exact) mass is 623 g/mol. The Kier molecular flexibility index (Phi) is 10.9. The van der Waals surface area contributed by atoms with Gasteiger partial charge < -0.3 is 10.2 Å². The third kappa shape index (κ3) is 7.69. The number of carbonyl (C=O) groups is 2. The second-order valence-electron chi connectivity index (χ2n) is 9.79. The van der Waals surface area contributed by atoms with Gasteiger partial charge in [-0.05, 0) is 61.7 Å². The van der Waals surface area contributed by atoms with E-state index in [0.29, 0.717) is 32.7 Å². The lowest BCUT2D eigenvalue weighted by molar-refractivity contribution is -0.139. The zero-order valence-electron chi connectivity index (χ0n) is 22.7. The fraction of sp³-hybridized carbons (Fsp3) is 0.310. The Morgan fingerprint density at radius 2 is 1.52 bits per heavy atom. The van der Waals surface area contributed by atoms with Gasteiger partial charge in [0.15, 0.2) is 0 Å². The normalized spacial score (nSPS) is 12.2. The predicted molar refractivity (Wildman–Crippen MR) is 161 cm³/mol. The number of rotatable bonds is 11. The molecule has 1 unspecified atom stereocenters. The molecule has 0 spiro atoms. The second kappa shape index (κ2) is 13.7. The quantitative estimate of drug-likeness (QED) is 0.270. The van der Waals surface area contributed by atoms with Crippen LogP contribution < -0.4 is 9.62 Å². The second-order valence-corrected chi connectivity index (χ2v) is 12.9. The van der Waals surface area contributed by atoms with Crippen LogP contribution in [0.25, 0.3) is 0 Å². The Morgan fingerprint density at radius 1 is 0.900 bits per heavy atom. The van der Waals surface area contributed by atoms with Gasteiger partial charge in [-0.2, -0.15) is 0 Å². The van der Waals surface area contributed by atoms with Crippen LogP contribution in [0.5, 0.6) is 0 Å². The van der Waals surface area contributed by atoms with Crippen LogP contribution in [0.15, 0.2) is 71.6 Å². The van der Waals surface area contributed by atoms with E-state index in [2.05, 4.69) is 5.32 Å². The minimum absolute atomic E-state index is 0.00518. The molecule has 0 aliphatic heterocycles. The van der Waals surface area contributed by atoms with Crippen LogP contribution in [0.3, 0.4) is 0 Å². The molecule has 1 atom stereocenters. The molecule has 2 amide bonds. The Hall–Kier alpha value is -2.78. The highest BCUT2D eigenvalue weighted by atomic mass is 35.5. The summed E-state index contributed by atoms with van der Waals surface area (Å²) in [5, 5.41) is 3.79. The number of nitrogens with one attached hydrogen (secondary N) is 1. The maximum atomic E-state index is 14.0. The number of nitrogens with zero attached hydrogens (tertiary/aromatic N) is 2. The molecule has 0 fully saturated rings. The Labute approximate surface area is 251 Å². The van der Waals surface area contributed by atoms with Crippen molar-refractivity contribution in [1.29, 1.82) is 0 Å². The summed E-state index contributed by atoms with van der Waals surface area (Å²) >= 11 is 19.1. The van der Waals surface area contributed by atoms with Gasteiger partial charge in [-0.3, -0.25) is 13.9 Å². The summed E-state index contributed by atoms with van der Waals surface area (Å²) in [5.41, 5.74) is 1.29. The molecule has 1 N–H and O–H groups in total. The van der Waals surface area contributed by atoms with E-state index in [1.807, 2.05) is 13.8 Å². The van der Waals surface area contributed by atoms with Crippen molar-refractivity contribution in [2.75, 3.05) is 17.4 Å². The number of benzene rings is 3. The molecule has 3 rings (SSSR count). The highest BCUT2D eigenvalue weighted by molar-refractivity contribution is 7.92. The molecule has 0 aromatic heterocycles. The van der Waals surface area contributed by atoms with E-state index in [1.165, 1.54) is 23.1 Å². The summed E-state index contributed by atoms with van der Waals surface area (Å²) in [6, 6.07) is 16.6. The van der Waals surface area contributed by atoms with Crippen LogP contribution in [0, 0.1) is 12.8 Å². The lowest BCUT2D eigenvalue weighted by Gasteiger charge is -2.33. The smallest absolute Gasteiger partial charge is 0.264 e. The van der Waals surface area contributed by atoms with E-state index in [9.17, 15) is 18.0 Å². The highest BCUT2D eigenvalue weighted by Crippen LogP contribution is 2.31. The van der Waals surface area contributed by atoms with Crippen LogP contribution >= 0.6 is 34.8 Å². The molecule has 0 saturated heterocycles. The zero-order valence-corrected chi connectivity index (χ0v) is 25.8. The summed E-state index contributed by atoms with van der Waals surface area (Å²) < 4.78 is 28.8. The van der Waals surface area contributed by atoms with Crippen LogP contribution in [-0.4, -0.2) is 44.3 Å². The Balaban J connectivity index is 2.08. The number of halogens is 3. The van der Waals surface area contributed by atoms with Gasteiger partial charge in [0, 0.05) is 33.7 Å². The van der Waals surface area contributed by atoms with Gasteiger partial charge in [0.2, 0.25) is 11.8 Å². The maximum absolute atomic E-state index is 14.0.